The van der Waals surface area contributed by atoms with Crippen molar-refractivity contribution in [2.75, 3.05) is 52.4 Å². The van der Waals surface area contributed by atoms with Crippen LogP contribution in [0.25, 0.3) is 30.3 Å². The van der Waals surface area contributed by atoms with Crippen molar-refractivity contribution in [1.29, 1.82) is 0 Å². The molecule has 0 radical (unpaired) electrons. The van der Waals surface area contributed by atoms with E-state index in [4.69, 9.17) is 72.2 Å². The summed E-state index contributed by atoms with van der Waals surface area (Å²) >= 11 is 34.6. The molecule has 4 bridgehead atoms. The first kappa shape index (κ1) is 54.4. The number of nitrogens with zero attached hydrogens (tertiary/aromatic N) is 2. The Balaban J connectivity index is 0.000000170. The number of alkyl halides is 3. The number of aryl methyl sites for hydroxylation is 3. The lowest BCUT2D eigenvalue weighted by Crippen LogP contribution is -2.73. The normalized spacial score (nSPS) is 26.3. The van der Waals surface area contributed by atoms with Gasteiger partial charge < -0.3 is 29.3 Å². The lowest BCUT2D eigenvalue weighted by atomic mass is 9.34. The van der Waals surface area contributed by atoms with Crippen molar-refractivity contribution in [2.24, 2.45) is 21.7 Å². The van der Waals surface area contributed by atoms with E-state index in [1.165, 1.54) is 35.9 Å². The number of ether oxygens (including phenoxy) is 3. The summed E-state index contributed by atoms with van der Waals surface area (Å²) in [4.78, 5) is 92.4. The van der Waals surface area contributed by atoms with E-state index in [9.17, 15) is 33.6 Å². The molecule has 6 fully saturated rings. The summed E-state index contributed by atoms with van der Waals surface area (Å²) in [7, 11) is 0. The number of anilines is 3. The third kappa shape index (κ3) is 8.76. The van der Waals surface area contributed by atoms with Crippen molar-refractivity contribution in [3.63, 3.8) is 0 Å². The highest BCUT2D eigenvalue weighted by atomic mass is 35.5. The van der Waals surface area contributed by atoms with Gasteiger partial charge in [0.25, 0.3) is 0 Å². The molecule has 6 aliphatic carbocycles. The van der Waals surface area contributed by atoms with Gasteiger partial charge >= 0.3 is 17.9 Å². The molecule has 3 aromatic carbocycles. The van der Waals surface area contributed by atoms with Crippen LogP contribution in [-0.2, 0) is 33.6 Å². The zero-order chi connectivity index (χ0) is 55.0. The molecule has 6 saturated carbocycles. The highest BCUT2D eigenvalue weighted by Crippen LogP contribution is 2.76. The van der Waals surface area contributed by atoms with E-state index in [2.05, 4.69) is 18.3 Å². The minimum Gasteiger partial charge on any atom is -0.426 e. The minimum atomic E-state index is -0.623. The van der Waals surface area contributed by atoms with Gasteiger partial charge in [0.1, 0.15) is 17.2 Å². The zero-order valence-electron chi connectivity index (χ0n) is 42.8. The Morgan fingerprint density at radius 2 is 0.857 bits per heavy atom. The van der Waals surface area contributed by atoms with Gasteiger partial charge in [-0.2, -0.15) is 0 Å². The molecule has 3 aliphatic heterocycles. The molecule has 77 heavy (non-hydrogen) atoms. The molecule has 404 valence electrons. The van der Waals surface area contributed by atoms with Crippen molar-refractivity contribution in [1.82, 2.24) is 0 Å². The van der Waals surface area contributed by atoms with E-state index >= 15 is 0 Å². The van der Waals surface area contributed by atoms with Crippen LogP contribution >= 0.6 is 92.0 Å². The van der Waals surface area contributed by atoms with Crippen LogP contribution in [0.2, 0.25) is 0 Å². The average molecular weight is 1200 g/mol. The highest BCUT2D eigenvalue weighted by molar-refractivity contribution is 7.20. The van der Waals surface area contributed by atoms with Crippen LogP contribution in [0.4, 0.5) is 17.1 Å². The van der Waals surface area contributed by atoms with E-state index < -0.39 is 22.8 Å². The van der Waals surface area contributed by atoms with Crippen LogP contribution < -0.4 is 29.3 Å². The summed E-state index contributed by atoms with van der Waals surface area (Å²) in [5.41, 5.74) is 3.84. The number of halogens is 5. The molecule has 3 aromatic heterocycles. The van der Waals surface area contributed by atoms with Gasteiger partial charge in [-0.15, -0.1) is 68.8 Å². The van der Waals surface area contributed by atoms with Gasteiger partial charge in [0.2, 0.25) is 22.3 Å². The lowest BCUT2D eigenvalue weighted by Gasteiger charge is -2.69. The fraction of sp³-hybridized carbons (Fsp3) is 0.446. The van der Waals surface area contributed by atoms with Crippen molar-refractivity contribution < 1.29 is 47.8 Å². The molecule has 6 heterocycles. The Morgan fingerprint density at radius 1 is 0.519 bits per heavy atom. The maximum absolute atomic E-state index is 14.4. The first-order valence-corrected chi connectivity index (χ1v) is 30.0. The van der Waals surface area contributed by atoms with Crippen LogP contribution in [-0.4, -0.2) is 77.5 Å². The smallest absolute Gasteiger partial charge is 0.308 e. The van der Waals surface area contributed by atoms with Gasteiger partial charge in [-0.05, 0) is 106 Å². The minimum absolute atomic E-state index is 0.00387. The Hall–Kier alpha value is -4.52. The van der Waals surface area contributed by atoms with Crippen LogP contribution in [0.15, 0.2) is 36.4 Å². The van der Waals surface area contributed by atoms with Crippen molar-refractivity contribution in [2.45, 2.75) is 97.8 Å². The number of rotatable bonds is 10. The number of fused-ring (bicyclic) bond motifs is 9. The summed E-state index contributed by atoms with van der Waals surface area (Å²) in [6, 6.07) is 11.6. The summed E-state index contributed by atoms with van der Waals surface area (Å²) in [5.74, 6) is 1.89. The molecule has 21 heteroatoms. The Morgan fingerprint density at radius 3 is 1.19 bits per heavy atom. The number of benzene rings is 3. The second-order valence-corrected chi connectivity index (χ2v) is 27.4. The number of carbonyl (C=O) groups excluding carboxylic acids is 7. The molecular weight excluding hydrogens is 1150 g/mol. The second-order valence-electron chi connectivity index (χ2n) is 22.0. The van der Waals surface area contributed by atoms with E-state index in [0.29, 0.717) is 92.4 Å². The molecule has 3 atom stereocenters. The largest absolute Gasteiger partial charge is 0.426 e. The fourth-order valence-corrected chi connectivity index (χ4v) is 18.0. The molecule has 15 rings (SSSR count). The maximum Gasteiger partial charge on any atom is 0.308 e. The number of amides is 2. The van der Waals surface area contributed by atoms with Crippen LogP contribution in [0.5, 0.6) is 17.2 Å². The maximum atomic E-state index is 14.4. The predicted molar refractivity (Wildman–Crippen MR) is 306 cm³/mol. The molecule has 6 aromatic rings. The number of hydrogen-bond acceptors (Lipinski definition) is 14. The van der Waals surface area contributed by atoms with Gasteiger partial charge in [-0.1, -0.05) is 0 Å². The molecule has 1 N–H and O–H groups in total. The molecule has 9 aliphatic rings. The van der Waals surface area contributed by atoms with Crippen molar-refractivity contribution >= 4 is 180 Å². The van der Waals surface area contributed by atoms with E-state index in [-0.39, 0.29) is 50.9 Å². The fourth-order valence-electron chi connectivity index (χ4n) is 13.3. The van der Waals surface area contributed by atoms with E-state index in [1.807, 2.05) is 54.0 Å². The number of thiophene rings is 3. The number of nitrogens with one attached hydrogen (secondary N) is 1. The predicted octanol–water partition coefficient (Wildman–Crippen LogP) is 13.4. The number of hydrogen-bond donors (Lipinski definition) is 1. The number of esters is 3. The van der Waals surface area contributed by atoms with Gasteiger partial charge in [0.05, 0.1) is 22.2 Å². The van der Waals surface area contributed by atoms with E-state index in [0.717, 1.165) is 70.0 Å². The van der Waals surface area contributed by atoms with Crippen molar-refractivity contribution in [3.8, 4) is 17.2 Å². The summed E-state index contributed by atoms with van der Waals surface area (Å²) in [5, 5.41) is 5.45. The average Bonchev–Trinajstić information content (AvgIpc) is 4.21. The SMILES string of the molecule is CC(=O)Oc1cc2c(c3sc(C)cc13)[C@@H](CCl)CN2.CC(=O)Oc1cc2c(c3sc(C)cc13)[C@@H](CCl)CN2C(=O)C12CC(C(=O)N3C[C@H](CCl)c4c3cc(OC(C)=O)c3cc(C)sc43)(C1)C2.O=C(Cl)C12CC(C(=O)Cl)(C1)C2. The molecule has 0 unspecified atom stereocenters. The molecule has 13 nitrogen and oxygen atoms in total. The third-order valence-corrected chi connectivity index (χ3v) is 21.7. The molecule has 2 amide bonds. The van der Waals surface area contributed by atoms with Gasteiger partial charge in [0, 0.05) is 167 Å². The monoisotopic (exact) mass is 1200 g/mol. The van der Waals surface area contributed by atoms with Gasteiger partial charge in [-0.25, -0.2) is 0 Å². The lowest BCUT2D eigenvalue weighted by molar-refractivity contribution is -0.205. The molecule has 0 spiro atoms. The van der Waals surface area contributed by atoms with Gasteiger partial charge in [-0.3, -0.25) is 33.6 Å². The first-order valence-electron chi connectivity index (χ1n) is 25.2. The highest BCUT2D eigenvalue weighted by Gasteiger charge is 2.77. The topological polar surface area (TPSA) is 166 Å². The zero-order valence-corrected chi connectivity index (χ0v) is 49.0. The Bertz CT molecular complexity index is 3400. The summed E-state index contributed by atoms with van der Waals surface area (Å²) in [6.45, 7) is 12.0. The summed E-state index contributed by atoms with van der Waals surface area (Å²) < 4.78 is 19.7. The number of carbonyl (C=O) groups is 7. The third-order valence-electron chi connectivity index (χ3n) is 16.5. The van der Waals surface area contributed by atoms with E-state index in [1.54, 1.807) is 34.0 Å². The second kappa shape index (κ2) is 19.6. The Kier molecular flexibility index (Phi) is 13.9. The van der Waals surface area contributed by atoms with Gasteiger partial charge in [0.15, 0.2) is 0 Å². The molecule has 0 saturated heterocycles. The van der Waals surface area contributed by atoms with Crippen LogP contribution in [0, 0.1) is 42.4 Å². The molecular formula is C56H52Cl5N3O10S3. The standard InChI is InChI=1S/C35H32Cl2N2O6S2.C14H14ClNO2S.C7H6Cl2O2/c1-16-5-22-26(44-18(3)40)7-24-28(30(22)46-16)20(9-36)11-38(24)32(42)34-13-35(14-34,15-34)33(43)39-12-21(10-37)29-25(39)8-27(45-19(4)41)23-6-17(2)47-31(23)29;1-7-3-10-12(18-8(2)17)4-11-13(14(10)19-7)9(5-15)6-16-11;8-4(10)6-1-7(2-6,3-6)5(9)11/h5-8,20-21H,9-15H2,1-4H3;3-4,9,16H,5-6H2,1-2H3;1-3H2/t20-,21-,34?,35?;9-;/m00./s1. The van der Waals surface area contributed by atoms with Crippen LogP contribution in [0.3, 0.4) is 0 Å². The van der Waals surface area contributed by atoms with Crippen molar-refractivity contribution in [3.05, 3.63) is 67.7 Å². The Labute approximate surface area is 480 Å². The van der Waals surface area contributed by atoms with Crippen LogP contribution in [0.1, 0.15) is 108 Å². The summed E-state index contributed by atoms with van der Waals surface area (Å²) in [6.07, 6.45) is 3.14. The quantitative estimate of drug-likeness (QED) is 0.0600. The first-order chi connectivity index (χ1) is 36.5.